The molecule has 3 atom stereocenters. The molecule has 4 aliphatic rings. The second-order valence-corrected chi connectivity index (χ2v) is 10.0. The van der Waals surface area contributed by atoms with Crippen molar-refractivity contribution in [3.63, 3.8) is 0 Å². The van der Waals surface area contributed by atoms with E-state index >= 15 is 0 Å². The van der Waals surface area contributed by atoms with Gasteiger partial charge in [-0.05, 0) is 69.6 Å². The molecule has 172 valence electrons. The van der Waals surface area contributed by atoms with Gasteiger partial charge in [0, 0.05) is 38.7 Å². The van der Waals surface area contributed by atoms with Gasteiger partial charge in [-0.25, -0.2) is 0 Å². The van der Waals surface area contributed by atoms with E-state index in [9.17, 15) is 9.90 Å². The number of hydrogen-bond donors (Lipinski definition) is 4. The van der Waals surface area contributed by atoms with Crippen molar-refractivity contribution in [2.75, 3.05) is 33.4 Å². The molecule has 2 saturated heterocycles. The molecule has 2 heterocycles. The first-order valence-electron chi connectivity index (χ1n) is 12.3. The minimum absolute atomic E-state index is 0.0448. The van der Waals surface area contributed by atoms with E-state index in [1.54, 1.807) is 0 Å². The van der Waals surface area contributed by atoms with E-state index < -0.39 is 0 Å². The summed E-state index contributed by atoms with van der Waals surface area (Å²) in [6, 6.07) is 0.421. The van der Waals surface area contributed by atoms with Crippen molar-refractivity contribution >= 4 is 5.91 Å². The molecule has 1 amide bonds. The van der Waals surface area contributed by atoms with E-state index in [1.165, 1.54) is 25.7 Å². The average molecular weight is 423 g/mol. The minimum atomic E-state index is 0.0448. The van der Waals surface area contributed by atoms with Crippen LogP contribution >= 0.6 is 0 Å². The van der Waals surface area contributed by atoms with Crippen molar-refractivity contribution in [1.82, 2.24) is 20.9 Å². The van der Waals surface area contributed by atoms with E-state index in [1.807, 2.05) is 12.0 Å². The summed E-state index contributed by atoms with van der Waals surface area (Å²) in [4.78, 5) is 15.0. The maximum atomic E-state index is 13.0. The van der Waals surface area contributed by atoms with Gasteiger partial charge in [-0.2, -0.15) is 0 Å². The quantitative estimate of drug-likeness (QED) is 0.518. The van der Waals surface area contributed by atoms with Gasteiger partial charge in [0.1, 0.15) is 6.29 Å². The first-order chi connectivity index (χ1) is 14.7. The lowest BCUT2D eigenvalue weighted by molar-refractivity contribution is -0.138. The number of rotatable bonds is 6. The molecule has 0 aromatic carbocycles. The van der Waals surface area contributed by atoms with Crippen molar-refractivity contribution in [3.05, 3.63) is 0 Å². The zero-order valence-electron chi connectivity index (χ0n) is 18.7. The molecule has 4 rings (SSSR count). The second-order valence-electron chi connectivity index (χ2n) is 10.0. The molecule has 2 unspecified atom stereocenters. The second kappa shape index (κ2) is 10.7. The smallest absolute Gasteiger partial charge is 0.226 e. The summed E-state index contributed by atoms with van der Waals surface area (Å²) in [5.41, 5.74) is 0. The number of aliphatic hydroxyl groups excluding tert-OH is 1. The zero-order valence-corrected chi connectivity index (χ0v) is 18.7. The SMILES string of the molecule is COC1CCC(C2CNC(NC3CCCC(C(=O)N4CCC[C@H]4CO)C3)NC2)CC1. The van der Waals surface area contributed by atoms with Gasteiger partial charge in [0.2, 0.25) is 5.91 Å². The van der Waals surface area contributed by atoms with Crippen LogP contribution in [-0.2, 0) is 9.53 Å². The molecule has 30 heavy (non-hydrogen) atoms. The molecule has 0 radical (unpaired) electrons. The predicted molar refractivity (Wildman–Crippen MR) is 117 cm³/mol. The molecule has 2 saturated carbocycles. The molecular weight excluding hydrogens is 380 g/mol. The van der Waals surface area contributed by atoms with Crippen LogP contribution in [0, 0.1) is 17.8 Å². The van der Waals surface area contributed by atoms with E-state index in [4.69, 9.17) is 4.74 Å². The van der Waals surface area contributed by atoms with Gasteiger partial charge in [0.15, 0.2) is 0 Å². The summed E-state index contributed by atoms with van der Waals surface area (Å²) < 4.78 is 5.52. The molecule has 4 fully saturated rings. The molecule has 0 spiro atoms. The number of ether oxygens (including phenoxy) is 1. The van der Waals surface area contributed by atoms with Crippen LogP contribution in [0.2, 0.25) is 0 Å². The molecule has 2 aliphatic carbocycles. The Labute approximate surface area is 181 Å². The van der Waals surface area contributed by atoms with Gasteiger partial charge in [0.05, 0.1) is 18.8 Å². The Balaban J connectivity index is 1.20. The van der Waals surface area contributed by atoms with Crippen molar-refractivity contribution in [1.29, 1.82) is 0 Å². The Bertz CT molecular complexity index is 547. The number of carbonyl (C=O) groups excluding carboxylic acids is 1. The highest BCUT2D eigenvalue weighted by molar-refractivity contribution is 5.79. The number of aliphatic hydroxyl groups is 1. The van der Waals surface area contributed by atoms with Crippen LogP contribution in [0.25, 0.3) is 0 Å². The Hall–Kier alpha value is -0.730. The van der Waals surface area contributed by atoms with Crippen LogP contribution in [0.3, 0.4) is 0 Å². The van der Waals surface area contributed by atoms with Gasteiger partial charge < -0.3 is 14.7 Å². The normalized spacial score (nSPS) is 40.5. The maximum absolute atomic E-state index is 13.0. The van der Waals surface area contributed by atoms with Gasteiger partial charge in [-0.1, -0.05) is 6.42 Å². The third kappa shape index (κ3) is 5.36. The Kier molecular flexibility index (Phi) is 8.03. The first-order valence-corrected chi connectivity index (χ1v) is 12.3. The third-order valence-electron chi connectivity index (χ3n) is 8.18. The highest BCUT2D eigenvalue weighted by atomic mass is 16.5. The van der Waals surface area contributed by atoms with E-state index in [-0.39, 0.29) is 30.8 Å². The number of amides is 1. The Morgan fingerprint density at radius 2 is 1.80 bits per heavy atom. The molecule has 0 aromatic heterocycles. The molecular formula is C23H42N4O3. The molecule has 7 heteroatoms. The lowest BCUT2D eigenvalue weighted by Gasteiger charge is -2.41. The summed E-state index contributed by atoms with van der Waals surface area (Å²) in [6.45, 7) is 3.05. The van der Waals surface area contributed by atoms with Crippen LogP contribution in [0.5, 0.6) is 0 Å². The van der Waals surface area contributed by atoms with E-state index in [2.05, 4.69) is 16.0 Å². The van der Waals surface area contributed by atoms with Crippen LogP contribution in [0.1, 0.15) is 64.2 Å². The number of methoxy groups -OCH3 is 1. The summed E-state index contributed by atoms with van der Waals surface area (Å²) in [5.74, 6) is 1.88. The molecule has 0 bridgehead atoms. The Morgan fingerprint density at radius 3 is 2.50 bits per heavy atom. The number of nitrogens with zero attached hydrogens (tertiary/aromatic N) is 1. The number of nitrogens with one attached hydrogen (secondary N) is 3. The van der Waals surface area contributed by atoms with E-state index in [0.29, 0.717) is 18.1 Å². The average Bonchev–Trinajstić information content (AvgIpc) is 3.28. The van der Waals surface area contributed by atoms with Crippen LogP contribution in [0.15, 0.2) is 0 Å². The Morgan fingerprint density at radius 1 is 1.03 bits per heavy atom. The van der Waals surface area contributed by atoms with Crippen LogP contribution in [-0.4, -0.2) is 73.7 Å². The van der Waals surface area contributed by atoms with Gasteiger partial charge in [-0.15, -0.1) is 0 Å². The molecule has 2 aliphatic heterocycles. The van der Waals surface area contributed by atoms with E-state index in [0.717, 1.165) is 64.1 Å². The summed E-state index contributed by atoms with van der Waals surface area (Å²) in [6.07, 6.45) is 11.7. The van der Waals surface area contributed by atoms with Gasteiger partial charge >= 0.3 is 0 Å². The topological polar surface area (TPSA) is 85.9 Å². The standard InChI is InChI=1S/C23H42N4O3/c1-30-21-9-7-16(8-10-21)18-13-24-23(25-14-18)26-19-5-2-4-17(12-19)22(29)27-11-3-6-20(27)15-28/h16-21,23-26,28H,2-15H2,1H3/t16?,17?,18?,19?,20-,21?,23?/m0/s1. The highest BCUT2D eigenvalue weighted by Gasteiger charge is 2.36. The zero-order chi connectivity index (χ0) is 20.9. The van der Waals surface area contributed by atoms with Crippen molar-refractivity contribution in [2.45, 2.75) is 88.7 Å². The highest BCUT2D eigenvalue weighted by Crippen LogP contribution is 2.32. The summed E-state index contributed by atoms with van der Waals surface area (Å²) >= 11 is 0. The van der Waals surface area contributed by atoms with Crippen molar-refractivity contribution < 1.29 is 14.6 Å². The van der Waals surface area contributed by atoms with Crippen molar-refractivity contribution in [3.8, 4) is 0 Å². The summed E-state index contributed by atoms with van der Waals surface area (Å²) in [5, 5.41) is 20.6. The fourth-order valence-electron chi connectivity index (χ4n) is 6.28. The number of carbonyl (C=O) groups is 1. The molecule has 7 nitrogen and oxygen atoms in total. The minimum Gasteiger partial charge on any atom is -0.394 e. The number of hydrogen-bond acceptors (Lipinski definition) is 6. The largest absolute Gasteiger partial charge is 0.394 e. The fourth-order valence-corrected chi connectivity index (χ4v) is 6.28. The summed E-state index contributed by atoms with van der Waals surface area (Å²) in [7, 11) is 1.84. The molecule has 0 aromatic rings. The predicted octanol–water partition coefficient (Wildman–Crippen LogP) is 1.42. The van der Waals surface area contributed by atoms with Gasteiger partial charge in [0.25, 0.3) is 0 Å². The maximum Gasteiger partial charge on any atom is 0.226 e. The van der Waals surface area contributed by atoms with Gasteiger partial charge in [-0.3, -0.25) is 20.7 Å². The molecule has 4 N–H and O–H groups in total. The van der Waals surface area contributed by atoms with Crippen LogP contribution in [0.4, 0.5) is 0 Å². The lowest BCUT2D eigenvalue weighted by atomic mass is 9.78. The lowest BCUT2D eigenvalue weighted by Crippen LogP contribution is -2.63. The van der Waals surface area contributed by atoms with Crippen LogP contribution < -0.4 is 16.0 Å². The first kappa shape index (κ1) is 22.5. The van der Waals surface area contributed by atoms with Crippen molar-refractivity contribution in [2.24, 2.45) is 17.8 Å². The third-order valence-corrected chi connectivity index (χ3v) is 8.18. The fraction of sp³-hybridized carbons (Fsp3) is 0.957. The number of likely N-dealkylation sites (tertiary alicyclic amines) is 1. The monoisotopic (exact) mass is 422 g/mol.